The maximum Gasteiger partial charge on any atom is 0.258 e. The molecule has 3 rings (SSSR count). The normalized spacial score (nSPS) is 14.1. The van der Waals surface area contributed by atoms with Crippen molar-refractivity contribution in [3.63, 3.8) is 0 Å². The second-order valence-electron chi connectivity index (χ2n) is 6.83. The van der Waals surface area contributed by atoms with E-state index in [9.17, 15) is 9.59 Å². The summed E-state index contributed by atoms with van der Waals surface area (Å²) in [6, 6.07) is 14.8. The fourth-order valence-corrected chi connectivity index (χ4v) is 3.41. The van der Waals surface area contributed by atoms with Gasteiger partial charge in [0.2, 0.25) is 0 Å². The van der Waals surface area contributed by atoms with E-state index >= 15 is 0 Å². The predicted molar refractivity (Wildman–Crippen MR) is 102 cm³/mol. The molecule has 0 radical (unpaired) electrons. The summed E-state index contributed by atoms with van der Waals surface area (Å²) in [4.78, 5) is 25.2. The number of para-hydroxylation sites is 1. The van der Waals surface area contributed by atoms with Gasteiger partial charge in [-0.15, -0.1) is 0 Å². The van der Waals surface area contributed by atoms with Gasteiger partial charge in [0, 0.05) is 24.9 Å². The van der Waals surface area contributed by atoms with Gasteiger partial charge in [-0.05, 0) is 17.7 Å². The Labute approximate surface area is 159 Å². The largest absolute Gasteiger partial charge is 0.483 e. The van der Waals surface area contributed by atoms with Gasteiger partial charge in [-0.3, -0.25) is 9.59 Å². The Balaban J connectivity index is 1.53. The van der Waals surface area contributed by atoms with Gasteiger partial charge in [0.15, 0.2) is 6.61 Å². The summed E-state index contributed by atoms with van der Waals surface area (Å²) in [5, 5.41) is 2.89. The second-order valence-corrected chi connectivity index (χ2v) is 6.83. The molecular weight excluding hydrogens is 342 g/mol. The van der Waals surface area contributed by atoms with E-state index in [4.69, 9.17) is 10.5 Å². The lowest BCUT2D eigenvalue weighted by Gasteiger charge is -2.16. The van der Waals surface area contributed by atoms with Crippen molar-refractivity contribution in [3.8, 4) is 5.75 Å². The van der Waals surface area contributed by atoms with Crippen molar-refractivity contribution in [2.24, 2.45) is 5.73 Å². The number of hydrogen-bond donors (Lipinski definition) is 3. The fourth-order valence-electron chi connectivity index (χ4n) is 3.41. The fraction of sp³-hybridized carbons (Fsp3) is 0.333. The molecule has 1 aliphatic rings. The number of carbonyl (C=O) groups excluding carboxylic acids is 2. The quantitative estimate of drug-likeness (QED) is 0.640. The number of likely N-dealkylation sites (tertiary alicyclic amines) is 1. The second kappa shape index (κ2) is 9.19. The Hall–Kier alpha value is -2.86. The van der Waals surface area contributed by atoms with E-state index < -0.39 is 5.91 Å². The number of benzene rings is 2. The number of hydrogen-bond acceptors (Lipinski definition) is 3. The van der Waals surface area contributed by atoms with Crippen molar-refractivity contribution in [2.75, 3.05) is 19.7 Å². The van der Waals surface area contributed by atoms with Gasteiger partial charge in [-0.1, -0.05) is 36.4 Å². The molecule has 0 saturated carbocycles. The third-order valence-corrected chi connectivity index (χ3v) is 4.86. The Kier molecular flexibility index (Phi) is 6.44. The van der Waals surface area contributed by atoms with Crippen LogP contribution in [0.5, 0.6) is 5.75 Å². The molecule has 6 heteroatoms. The van der Waals surface area contributed by atoms with Crippen molar-refractivity contribution in [3.05, 3.63) is 65.2 Å². The minimum Gasteiger partial charge on any atom is -0.483 e. The zero-order chi connectivity index (χ0) is 19.1. The lowest BCUT2D eigenvalue weighted by Crippen LogP contribution is -3.08. The maximum absolute atomic E-state index is 12.2. The molecular formula is C21H26N3O3+. The van der Waals surface area contributed by atoms with Gasteiger partial charge in [-0.25, -0.2) is 0 Å². The molecule has 0 bridgehead atoms. The van der Waals surface area contributed by atoms with E-state index in [1.807, 2.05) is 18.2 Å². The lowest BCUT2D eigenvalue weighted by atomic mass is 10.1. The highest BCUT2D eigenvalue weighted by Crippen LogP contribution is 2.17. The zero-order valence-corrected chi connectivity index (χ0v) is 15.4. The Morgan fingerprint density at radius 1 is 1.00 bits per heavy atom. The first-order chi connectivity index (χ1) is 13.1. The van der Waals surface area contributed by atoms with Crippen LogP contribution < -0.4 is 20.7 Å². The first-order valence-electron chi connectivity index (χ1n) is 9.32. The topological polar surface area (TPSA) is 85.9 Å². The van der Waals surface area contributed by atoms with Crippen molar-refractivity contribution < 1.29 is 19.2 Å². The molecule has 142 valence electrons. The number of rotatable bonds is 8. The van der Waals surface area contributed by atoms with Gasteiger partial charge >= 0.3 is 0 Å². The third-order valence-electron chi connectivity index (χ3n) is 4.86. The molecule has 1 saturated heterocycles. The molecule has 2 amide bonds. The molecule has 0 unspecified atom stereocenters. The van der Waals surface area contributed by atoms with Crippen LogP contribution in [0.3, 0.4) is 0 Å². The SMILES string of the molecule is NC(=O)c1ccccc1OCC(=O)NCc1ccccc1C[NH+]1CCCC1. The smallest absolute Gasteiger partial charge is 0.258 e. The molecule has 4 N–H and O–H groups in total. The number of quaternary nitrogens is 1. The minimum atomic E-state index is -0.579. The molecule has 27 heavy (non-hydrogen) atoms. The highest BCUT2D eigenvalue weighted by atomic mass is 16.5. The van der Waals surface area contributed by atoms with Gasteiger partial charge in [0.1, 0.15) is 12.3 Å². The molecule has 0 aromatic heterocycles. The van der Waals surface area contributed by atoms with Crippen LogP contribution in [0.25, 0.3) is 0 Å². The first kappa shape index (κ1) is 18.9. The number of carbonyl (C=O) groups is 2. The van der Waals surface area contributed by atoms with E-state index in [2.05, 4.69) is 11.4 Å². The van der Waals surface area contributed by atoms with Crippen LogP contribution in [0.1, 0.15) is 34.3 Å². The molecule has 1 fully saturated rings. The summed E-state index contributed by atoms with van der Waals surface area (Å²) in [6.45, 7) is 3.73. The highest BCUT2D eigenvalue weighted by molar-refractivity contribution is 5.95. The Morgan fingerprint density at radius 3 is 2.41 bits per heavy atom. The van der Waals surface area contributed by atoms with Crippen LogP contribution in [0, 0.1) is 0 Å². The highest BCUT2D eigenvalue weighted by Gasteiger charge is 2.17. The van der Waals surface area contributed by atoms with Crippen LogP contribution in [0.15, 0.2) is 48.5 Å². The van der Waals surface area contributed by atoms with Gasteiger partial charge < -0.3 is 20.7 Å². The average Bonchev–Trinajstić information content (AvgIpc) is 3.19. The lowest BCUT2D eigenvalue weighted by molar-refractivity contribution is -0.901. The van der Waals surface area contributed by atoms with Gasteiger partial charge in [0.05, 0.1) is 18.7 Å². The van der Waals surface area contributed by atoms with E-state index in [0.29, 0.717) is 12.3 Å². The van der Waals surface area contributed by atoms with Crippen molar-refractivity contribution >= 4 is 11.8 Å². The summed E-state index contributed by atoms with van der Waals surface area (Å²) >= 11 is 0. The van der Waals surface area contributed by atoms with E-state index in [0.717, 1.165) is 12.1 Å². The van der Waals surface area contributed by atoms with E-state index in [-0.39, 0.29) is 18.1 Å². The van der Waals surface area contributed by atoms with Gasteiger partial charge in [-0.2, -0.15) is 0 Å². The number of ether oxygens (including phenoxy) is 1. The summed E-state index contributed by atoms with van der Waals surface area (Å²) < 4.78 is 5.47. The van der Waals surface area contributed by atoms with Crippen molar-refractivity contribution in [1.82, 2.24) is 5.32 Å². The number of nitrogens with two attached hydrogens (primary N) is 1. The summed E-state index contributed by atoms with van der Waals surface area (Å²) in [6.07, 6.45) is 2.58. The van der Waals surface area contributed by atoms with Gasteiger partial charge in [0.25, 0.3) is 11.8 Å². The monoisotopic (exact) mass is 368 g/mol. The Bertz CT molecular complexity index is 801. The molecule has 6 nitrogen and oxygen atoms in total. The average molecular weight is 368 g/mol. The predicted octanol–water partition coefficient (Wildman–Crippen LogP) is 0.659. The molecule has 0 atom stereocenters. The molecule has 2 aromatic carbocycles. The first-order valence-corrected chi connectivity index (χ1v) is 9.32. The van der Waals surface area contributed by atoms with E-state index in [1.54, 1.807) is 29.2 Å². The number of primary amides is 1. The summed E-state index contributed by atoms with van der Waals surface area (Å²) in [5.41, 5.74) is 7.99. The molecule has 0 aliphatic carbocycles. The van der Waals surface area contributed by atoms with Crippen LogP contribution in [-0.2, 0) is 17.9 Å². The van der Waals surface area contributed by atoms with Crippen molar-refractivity contribution in [1.29, 1.82) is 0 Å². The van der Waals surface area contributed by atoms with E-state index in [1.165, 1.54) is 31.5 Å². The zero-order valence-electron chi connectivity index (χ0n) is 15.4. The Morgan fingerprint density at radius 2 is 1.67 bits per heavy atom. The van der Waals surface area contributed by atoms with Crippen LogP contribution in [0.4, 0.5) is 0 Å². The minimum absolute atomic E-state index is 0.163. The van der Waals surface area contributed by atoms with Crippen LogP contribution in [-0.4, -0.2) is 31.5 Å². The molecule has 1 aliphatic heterocycles. The molecule has 1 heterocycles. The standard InChI is InChI=1S/C21H25N3O3/c22-21(26)18-9-3-4-10-19(18)27-15-20(25)23-13-16-7-1-2-8-17(16)14-24-11-5-6-12-24/h1-4,7-10H,5-6,11-15H2,(H2,22,26)(H,23,25)/p+1. The molecule has 2 aromatic rings. The van der Waals surface area contributed by atoms with Crippen molar-refractivity contribution in [2.45, 2.75) is 25.9 Å². The van der Waals surface area contributed by atoms with Crippen LogP contribution in [0.2, 0.25) is 0 Å². The third kappa shape index (κ3) is 5.31. The summed E-state index contributed by atoms with van der Waals surface area (Å²) in [7, 11) is 0. The maximum atomic E-state index is 12.2. The van der Waals surface area contributed by atoms with Crippen LogP contribution >= 0.6 is 0 Å². The molecule has 0 spiro atoms. The summed E-state index contributed by atoms with van der Waals surface area (Å²) in [5.74, 6) is -0.500. The number of nitrogens with one attached hydrogen (secondary N) is 2. The number of amides is 2.